The van der Waals surface area contributed by atoms with Gasteiger partial charge in [-0.15, -0.1) is 0 Å². The molecule has 66 valence electrons. The molecule has 0 bridgehead atoms. The van der Waals surface area contributed by atoms with E-state index in [1.165, 1.54) is 11.1 Å². The van der Waals surface area contributed by atoms with Crippen molar-refractivity contribution in [2.75, 3.05) is 0 Å². The van der Waals surface area contributed by atoms with E-state index in [9.17, 15) is 0 Å². The fourth-order valence-electron chi connectivity index (χ4n) is 1.86. The molecule has 0 amide bonds. The van der Waals surface area contributed by atoms with Gasteiger partial charge in [0.05, 0.1) is 11.5 Å². The lowest BCUT2D eigenvalue weighted by Crippen LogP contribution is -2.21. The van der Waals surface area contributed by atoms with Crippen LogP contribution in [0.1, 0.15) is 46.5 Å². The van der Waals surface area contributed by atoms with E-state index in [0.717, 1.165) is 25.7 Å². The van der Waals surface area contributed by atoms with Crippen LogP contribution in [-0.2, 0) is 0 Å². The molecule has 0 N–H and O–H groups in total. The van der Waals surface area contributed by atoms with Crippen molar-refractivity contribution in [3.63, 3.8) is 0 Å². The van der Waals surface area contributed by atoms with E-state index < -0.39 is 0 Å². The topological polar surface area (TPSA) is 23.8 Å². The van der Waals surface area contributed by atoms with Crippen LogP contribution in [0.25, 0.3) is 0 Å². The summed E-state index contributed by atoms with van der Waals surface area (Å²) in [7, 11) is 0. The van der Waals surface area contributed by atoms with Crippen molar-refractivity contribution in [2.24, 2.45) is 5.41 Å². The zero-order valence-corrected chi connectivity index (χ0v) is 8.28. The summed E-state index contributed by atoms with van der Waals surface area (Å²) in [6.07, 6.45) is 4.16. The third-order valence-electron chi connectivity index (χ3n) is 3.22. The predicted molar refractivity (Wildman–Crippen MR) is 50.6 cm³/mol. The average Bonchev–Trinajstić information content (AvgIpc) is 2.10. The van der Waals surface area contributed by atoms with E-state index in [1.807, 2.05) is 0 Å². The molecule has 1 aliphatic carbocycles. The van der Waals surface area contributed by atoms with Crippen molar-refractivity contribution >= 4 is 0 Å². The Bertz CT molecular complexity index is 244. The molecule has 0 aromatic heterocycles. The molecule has 0 spiro atoms. The molecule has 0 aromatic carbocycles. The van der Waals surface area contributed by atoms with E-state index in [1.54, 1.807) is 0 Å². The second kappa shape index (κ2) is 3.31. The maximum absolute atomic E-state index is 9.07. The van der Waals surface area contributed by atoms with Crippen LogP contribution in [0.2, 0.25) is 0 Å². The lowest BCUT2D eigenvalue weighted by Gasteiger charge is -2.31. The minimum atomic E-state index is -0.0381. The zero-order valence-electron chi connectivity index (χ0n) is 8.28. The molecular weight excluding hydrogens is 146 g/mol. The molecule has 0 saturated carbocycles. The molecule has 0 fully saturated rings. The van der Waals surface area contributed by atoms with E-state index in [2.05, 4.69) is 26.8 Å². The Morgan fingerprint density at radius 3 is 2.50 bits per heavy atom. The Balaban J connectivity index is 2.84. The van der Waals surface area contributed by atoms with E-state index >= 15 is 0 Å². The van der Waals surface area contributed by atoms with Crippen molar-refractivity contribution in [2.45, 2.75) is 46.5 Å². The molecular formula is C11H17N. The molecule has 0 heterocycles. The van der Waals surface area contributed by atoms with Gasteiger partial charge >= 0.3 is 0 Å². The maximum atomic E-state index is 9.07. The molecule has 0 saturated heterocycles. The van der Waals surface area contributed by atoms with Crippen molar-refractivity contribution in [1.82, 2.24) is 0 Å². The second-order valence-electron chi connectivity index (χ2n) is 3.98. The molecule has 1 heteroatoms. The first-order valence-corrected chi connectivity index (χ1v) is 4.70. The number of rotatable bonds is 1. The van der Waals surface area contributed by atoms with Crippen molar-refractivity contribution < 1.29 is 0 Å². The van der Waals surface area contributed by atoms with E-state index in [0.29, 0.717) is 0 Å². The van der Waals surface area contributed by atoms with Gasteiger partial charge in [0.1, 0.15) is 0 Å². The monoisotopic (exact) mass is 163 g/mol. The summed E-state index contributed by atoms with van der Waals surface area (Å²) in [6, 6.07) is 2.48. The number of nitriles is 1. The van der Waals surface area contributed by atoms with Gasteiger partial charge in [0, 0.05) is 0 Å². The number of hydrogen-bond acceptors (Lipinski definition) is 1. The largest absolute Gasteiger partial charge is 0.198 e. The van der Waals surface area contributed by atoms with Gasteiger partial charge in [0.25, 0.3) is 0 Å². The highest BCUT2D eigenvalue weighted by molar-refractivity contribution is 5.20. The van der Waals surface area contributed by atoms with Gasteiger partial charge in [0.2, 0.25) is 0 Å². The summed E-state index contributed by atoms with van der Waals surface area (Å²) in [4.78, 5) is 0. The first-order valence-electron chi connectivity index (χ1n) is 4.70. The molecule has 0 radical (unpaired) electrons. The Labute approximate surface area is 75.1 Å². The van der Waals surface area contributed by atoms with Crippen LogP contribution in [0.5, 0.6) is 0 Å². The normalized spacial score (nSPS) is 30.2. The molecule has 12 heavy (non-hydrogen) atoms. The van der Waals surface area contributed by atoms with Gasteiger partial charge in [-0.3, -0.25) is 0 Å². The Hall–Kier alpha value is -0.770. The first kappa shape index (κ1) is 9.32. The van der Waals surface area contributed by atoms with Crippen LogP contribution in [0, 0.1) is 16.7 Å². The highest BCUT2D eigenvalue weighted by Crippen LogP contribution is 2.40. The van der Waals surface area contributed by atoms with Crippen LogP contribution >= 0.6 is 0 Å². The highest BCUT2D eigenvalue weighted by Gasteiger charge is 2.31. The first-order chi connectivity index (χ1) is 5.63. The maximum Gasteiger partial charge on any atom is 0.0693 e. The van der Waals surface area contributed by atoms with E-state index in [-0.39, 0.29) is 5.41 Å². The predicted octanol–water partition coefficient (Wildman–Crippen LogP) is 3.43. The second-order valence-corrected chi connectivity index (χ2v) is 3.98. The molecule has 1 atom stereocenters. The SMILES string of the molecule is CCC1(C#N)CCC(C)=C(C)C1. The quantitative estimate of drug-likeness (QED) is 0.543. The molecule has 1 unspecified atom stereocenters. The van der Waals surface area contributed by atoms with Gasteiger partial charge in [-0.2, -0.15) is 5.26 Å². The lowest BCUT2D eigenvalue weighted by molar-refractivity contribution is 0.328. The fraction of sp³-hybridized carbons (Fsp3) is 0.727. The molecule has 1 rings (SSSR count). The Morgan fingerprint density at radius 1 is 1.42 bits per heavy atom. The summed E-state index contributed by atoms with van der Waals surface area (Å²) in [5, 5.41) is 9.07. The third-order valence-corrected chi connectivity index (χ3v) is 3.22. The van der Waals surface area contributed by atoms with Crippen molar-refractivity contribution in [3.8, 4) is 6.07 Å². The molecule has 0 aliphatic heterocycles. The smallest absolute Gasteiger partial charge is 0.0693 e. The minimum absolute atomic E-state index is 0.0381. The number of hydrogen-bond donors (Lipinski definition) is 0. The molecule has 0 aromatic rings. The van der Waals surface area contributed by atoms with Crippen LogP contribution < -0.4 is 0 Å². The summed E-state index contributed by atoms with van der Waals surface area (Å²) in [5.41, 5.74) is 2.89. The molecule has 1 aliphatic rings. The Kier molecular flexibility index (Phi) is 2.57. The van der Waals surface area contributed by atoms with Crippen LogP contribution in [0.3, 0.4) is 0 Å². The van der Waals surface area contributed by atoms with Crippen molar-refractivity contribution in [1.29, 1.82) is 5.26 Å². The number of nitrogens with zero attached hydrogens (tertiary/aromatic N) is 1. The van der Waals surface area contributed by atoms with E-state index in [4.69, 9.17) is 5.26 Å². The highest BCUT2D eigenvalue weighted by atomic mass is 14.4. The summed E-state index contributed by atoms with van der Waals surface area (Å²) in [6.45, 7) is 6.47. The van der Waals surface area contributed by atoms with Gasteiger partial charge in [-0.05, 0) is 39.5 Å². The molecule has 1 nitrogen and oxygen atoms in total. The van der Waals surface area contributed by atoms with Gasteiger partial charge in [-0.25, -0.2) is 0 Å². The average molecular weight is 163 g/mol. The van der Waals surface area contributed by atoms with Crippen LogP contribution in [0.15, 0.2) is 11.1 Å². The van der Waals surface area contributed by atoms with Crippen LogP contribution in [0.4, 0.5) is 0 Å². The fourth-order valence-corrected chi connectivity index (χ4v) is 1.86. The summed E-state index contributed by atoms with van der Waals surface area (Å²) in [5.74, 6) is 0. The standard InChI is InChI=1S/C11H17N/c1-4-11(8-12)6-5-9(2)10(3)7-11/h4-7H2,1-3H3. The van der Waals surface area contributed by atoms with Gasteiger partial charge in [0.15, 0.2) is 0 Å². The third kappa shape index (κ3) is 1.53. The van der Waals surface area contributed by atoms with Gasteiger partial charge < -0.3 is 0 Å². The summed E-state index contributed by atoms with van der Waals surface area (Å²) < 4.78 is 0. The Morgan fingerprint density at radius 2 is 2.08 bits per heavy atom. The summed E-state index contributed by atoms with van der Waals surface area (Å²) >= 11 is 0. The van der Waals surface area contributed by atoms with Gasteiger partial charge in [-0.1, -0.05) is 18.1 Å². The number of allylic oxidation sites excluding steroid dienone is 2. The zero-order chi connectivity index (χ0) is 9.19. The lowest BCUT2D eigenvalue weighted by atomic mass is 9.71. The minimum Gasteiger partial charge on any atom is -0.198 e. The van der Waals surface area contributed by atoms with Crippen LogP contribution in [-0.4, -0.2) is 0 Å². The van der Waals surface area contributed by atoms with Crippen molar-refractivity contribution in [3.05, 3.63) is 11.1 Å².